The van der Waals surface area contributed by atoms with Gasteiger partial charge < -0.3 is 10.1 Å². The lowest BCUT2D eigenvalue weighted by atomic mass is 10.1. The second-order valence-electron chi connectivity index (χ2n) is 5.14. The van der Waals surface area contributed by atoms with Crippen molar-refractivity contribution in [2.45, 2.75) is 32.0 Å². The van der Waals surface area contributed by atoms with Crippen LogP contribution >= 0.6 is 11.6 Å². The molecule has 2 aromatic heterocycles. The number of nitrogens with one attached hydrogen (secondary N) is 2. The third-order valence-corrected chi connectivity index (χ3v) is 4.11. The van der Waals surface area contributed by atoms with Crippen LogP contribution in [-0.2, 0) is 4.74 Å². The zero-order valence-electron chi connectivity index (χ0n) is 12.0. The van der Waals surface area contributed by atoms with Crippen molar-refractivity contribution < 1.29 is 4.74 Å². The molecule has 7 nitrogen and oxygen atoms in total. The van der Waals surface area contributed by atoms with E-state index in [0.717, 1.165) is 24.2 Å². The van der Waals surface area contributed by atoms with Crippen LogP contribution in [0.5, 0.6) is 0 Å². The Morgan fingerprint density at radius 1 is 1.50 bits per heavy atom. The Bertz CT molecular complexity index is 696. The van der Waals surface area contributed by atoms with Gasteiger partial charge in [-0.15, -0.1) is 0 Å². The van der Waals surface area contributed by atoms with E-state index in [1.165, 1.54) is 6.33 Å². The molecule has 0 spiro atoms. The molecule has 2 aromatic rings. The van der Waals surface area contributed by atoms with E-state index in [2.05, 4.69) is 31.6 Å². The van der Waals surface area contributed by atoms with E-state index in [-0.39, 0.29) is 12.2 Å². The summed E-state index contributed by atoms with van der Waals surface area (Å²) in [6.45, 7) is 2.38. The molecule has 0 radical (unpaired) electrons. The molecule has 2 atom stereocenters. The highest BCUT2D eigenvalue weighted by molar-refractivity contribution is 6.31. The van der Waals surface area contributed by atoms with Crippen LogP contribution in [0.3, 0.4) is 0 Å². The van der Waals surface area contributed by atoms with Crippen molar-refractivity contribution in [1.29, 1.82) is 5.26 Å². The molecule has 1 fully saturated rings. The molecular formula is C14H15ClN6O. The quantitative estimate of drug-likeness (QED) is 0.897. The van der Waals surface area contributed by atoms with Gasteiger partial charge in [-0.3, -0.25) is 5.10 Å². The van der Waals surface area contributed by atoms with E-state index in [1.807, 2.05) is 0 Å². The Kier molecular flexibility index (Phi) is 4.22. The van der Waals surface area contributed by atoms with E-state index in [0.29, 0.717) is 22.9 Å². The topological polar surface area (TPSA) is 99.5 Å². The summed E-state index contributed by atoms with van der Waals surface area (Å²) in [5.41, 5.74) is 1.20. The maximum Gasteiger partial charge on any atom is 0.153 e. The van der Waals surface area contributed by atoms with Crippen LogP contribution in [0.25, 0.3) is 0 Å². The summed E-state index contributed by atoms with van der Waals surface area (Å²) >= 11 is 5.99. The highest BCUT2D eigenvalue weighted by Gasteiger charge is 2.28. The highest BCUT2D eigenvalue weighted by atomic mass is 35.5. The molecule has 3 rings (SSSR count). The standard InChI is InChI=1S/C14H15ClN6O/c1-8-10(4-16)13(18-6-11(8)15)17-5-9-2-3-12(22-9)14-19-7-20-21-14/h6-7,9,12H,2-3,5H2,1H3,(H,17,18)(H,19,20,21)/t9-,12+/m1/s1. The highest BCUT2D eigenvalue weighted by Crippen LogP contribution is 2.31. The molecule has 0 aromatic carbocycles. The zero-order valence-corrected chi connectivity index (χ0v) is 12.8. The predicted molar refractivity (Wildman–Crippen MR) is 80.4 cm³/mol. The molecule has 0 amide bonds. The van der Waals surface area contributed by atoms with Gasteiger partial charge in [0.15, 0.2) is 5.82 Å². The van der Waals surface area contributed by atoms with Gasteiger partial charge >= 0.3 is 0 Å². The number of nitrogens with zero attached hydrogens (tertiary/aromatic N) is 4. The van der Waals surface area contributed by atoms with Crippen molar-refractivity contribution in [2.24, 2.45) is 0 Å². The molecule has 1 aliphatic heterocycles. The van der Waals surface area contributed by atoms with Crippen LogP contribution in [0.1, 0.15) is 35.9 Å². The average molecular weight is 319 g/mol. The van der Waals surface area contributed by atoms with Crippen LogP contribution < -0.4 is 5.32 Å². The first-order valence-corrected chi connectivity index (χ1v) is 7.36. The van der Waals surface area contributed by atoms with Gasteiger partial charge in [-0.25, -0.2) is 9.97 Å². The summed E-state index contributed by atoms with van der Waals surface area (Å²) in [6.07, 6.45) is 4.81. The lowest BCUT2D eigenvalue weighted by molar-refractivity contribution is 0.0472. The van der Waals surface area contributed by atoms with E-state index in [4.69, 9.17) is 16.3 Å². The summed E-state index contributed by atoms with van der Waals surface area (Å²) in [6, 6.07) is 2.14. The van der Waals surface area contributed by atoms with Crippen LogP contribution in [0.2, 0.25) is 5.02 Å². The first kappa shape index (κ1) is 14.8. The maximum atomic E-state index is 9.24. The molecule has 0 unspecified atom stereocenters. The number of aromatic amines is 1. The van der Waals surface area contributed by atoms with Crippen molar-refractivity contribution in [3.63, 3.8) is 0 Å². The molecular weight excluding hydrogens is 304 g/mol. The lowest BCUT2D eigenvalue weighted by Crippen LogP contribution is -2.20. The molecule has 3 heterocycles. The predicted octanol–water partition coefficient (Wildman–Crippen LogP) is 2.37. The van der Waals surface area contributed by atoms with Crippen molar-refractivity contribution in [3.8, 4) is 6.07 Å². The largest absolute Gasteiger partial charge is 0.366 e. The van der Waals surface area contributed by atoms with E-state index < -0.39 is 0 Å². The average Bonchev–Trinajstić information content (AvgIpc) is 3.19. The molecule has 0 bridgehead atoms. The fourth-order valence-corrected chi connectivity index (χ4v) is 2.63. The summed E-state index contributed by atoms with van der Waals surface area (Å²) in [7, 11) is 0. The summed E-state index contributed by atoms with van der Waals surface area (Å²) < 4.78 is 5.92. The van der Waals surface area contributed by atoms with Crippen molar-refractivity contribution >= 4 is 17.4 Å². The normalized spacial score (nSPS) is 20.8. The van der Waals surface area contributed by atoms with Crippen molar-refractivity contribution in [2.75, 3.05) is 11.9 Å². The maximum absolute atomic E-state index is 9.24. The Hall–Kier alpha value is -2.17. The van der Waals surface area contributed by atoms with E-state index in [1.54, 1.807) is 13.1 Å². The number of aromatic nitrogens is 4. The minimum atomic E-state index is -0.0512. The van der Waals surface area contributed by atoms with Crippen LogP contribution in [-0.4, -0.2) is 32.8 Å². The Balaban J connectivity index is 1.62. The fraction of sp³-hybridized carbons (Fsp3) is 0.429. The van der Waals surface area contributed by atoms with E-state index in [9.17, 15) is 5.26 Å². The second kappa shape index (κ2) is 6.30. The SMILES string of the molecule is Cc1c(Cl)cnc(NC[C@H]2CC[C@@H](c3ncn[nH]3)O2)c1C#N. The number of ether oxygens (including phenoxy) is 1. The molecule has 0 aliphatic carbocycles. The molecule has 0 saturated carbocycles. The summed E-state index contributed by atoms with van der Waals surface area (Å²) in [5.74, 6) is 1.29. The number of nitriles is 1. The second-order valence-corrected chi connectivity index (χ2v) is 5.55. The number of hydrogen-bond acceptors (Lipinski definition) is 6. The van der Waals surface area contributed by atoms with Gasteiger partial charge in [0, 0.05) is 12.7 Å². The monoisotopic (exact) mass is 318 g/mol. The van der Waals surface area contributed by atoms with Crippen LogP contribution in [0, 0.1) is 18.3 Å². The molecule has 1 aliphatic rings. The minimum Gasteiger partial charge on any atom is -0.366 e. The number of rotatable bonds is 4. The zero-order chi connectivity index (χ0) is 15.5. The smallest absolute Gasteiger partial charge is 0.153 e. The van der Waals surface area contributed by atoms with Crippen molar-refractivity contribution in [3.05, 3.63) is 34.5 Å². The Labute approximate surface area is 132 Å². The van der Waals surface area contributed by atoms with Gasteiger partial charge in [0.25, 0.3) is 0 Å². The van der Waals surface area contributed by atoms with Gasteiger partial charge in [0.2, 0.25) is 0 Å². The fourth-order valence-electron chi connectivity index (χ4n) is 2.49. The number of anilines is 1. The molecule has 8 heteroatoms. The van der Waals surface area contributed by atoms with Gasteiger partial charge in [-0.1, -0.05) is 11.6 Å². The Morgan fingerprint density at radius 2 is 2.36 bits per heavy atom. The third-order valence-electron chi connectivity index (χ3n) is 3.73. The van der Waals surface area contributed by atoms with Crippen LogP contribution in [0.15, 0.2) is 12.5 Å². The van der Waals surface area contributed by atoms with Crippen molar-refractivity contribution in [1.82, 2.24) is 20.2 Å². The number of pyridine rings is 1. The summed E-state index contributed by atoms with van der Waals surface area (Å²) in [5, 5.41) is 19.6. The molecule has 1 saturated heterocycles. The van der Waals surface area contributed by atoms with Gasteiger partial charge in [-0.2, -0.15) is 10.4 Å². The first-order chi connectivity index (χ1) is 10.7. The molecule has 22 heavy (non-hydrogen) atoms. The number of halogens is 1. The summed E-state index contributed by atoms with van der Waals surface area (Å²) in [4.78, 5) is 8.31. The number of H-pyrrole nitrogens is 1. The van der Waals surface area contributed by atoms with Gasteiger partial charge in [0.05, 0.1) is 16.7 Å². The molecule has 114 valence electrons. The number of hydrogen-bond donors (Lipinski definition) is 2. The first-order valence-electron chi connectivity index (χ1n) is 6.99. The minimum absolute atomic E-state index is 0.0411. The van der Waals surface area contributed by atoms with Gasteiger partial charge in [0.1, 0.15) is 24.3 Å². The van der Waals surface area contributed by atoms with Gasteiger partial charge in [-0.05, 0) is 25.3 Å². The lowest BCUT2D eigenvalue weighted by Gasteiger charge is -2.15. The Morgan fingerprint density at radius 3 is 3.09 bits per heavy atom. The van der Waals surface area contributed by atoms with Crippen LogP contribution in [0.4, 0.5) is 5.82 Å². The van der Waals surface area contributed by atoms with E-state index >= 15 is 0 Å². The third kappa shape index (κ3) is 2.89. The molecule has 2 N–H and O–H groups in total.